The van der Waals surface area contributed by atoms with Crippen molar-refractivity contribution in [3.05, 3.63) is 24.3 Å². The van der Waals surface area contributed by atoms with Gasteiger partial charge in [0, 0.05) is 12.8 Å². The lowest BCUT2D eigenvalue weighted by atomic mass is 10.0. The quantitative estimate of drug-likeness (QED) is 0.0202. The molecule has 0 fully saturated rings. The molecule has 0 bridgehead atoms. The fourth-order valence-corrected chi connectivity index (χ4v) is 6.82. The predicted octanol–water partition coefficient (Wildman–Crippen LogP) is 11.1. The molecule has 0 aliphatic carbocycles. The van der Waals surface area contributed by atoms with Gasteiger partial charge in [-0.1, -0.05) is 167 Å². The van der Waals surface area contributed by atoms with E-state index in [2.05, 4.69) is 43.5 Å². The van der Waals surface area contributed by atoms with E-state index in [1.54, 1.807) is 0 Å². The number of carboxylic acids is 1. The molecule has 11 nitrogen and oxygen atoms in total. The first-order valence-corrected chi connectivity index (χ1v) is 23.4. The van der Waals surface area contributed by atoms with E-state index in [0.717, 1.165) is 57.8 Å². The van der Waals surface area contributed by atoms with Crippen molar-refractivity contribution in [1.29, 1.82) is 0 Å². The molecule has 0 heterocycles. The maximum atomic E-state index is 12.3. The van der Waals surface area contributed by atoms with Crippen molar-refractivity contribution in [2.45, 2.75) is 212 Å². The summed E-state index contributed by atoms with van der Waals surface area (Å²) in [5.74, 6) is -2.38. The Balaban J connectivity index is 3.91. The fourth-order valence-electron chi connectivity index (χ4n) is 6.05. The highest BCUT2D eigenvalue weighted by molar-refractivity contribution is 7.47. The minimum atomic E-state index is -4.75. The molecule has 0 aliphatic rings. The summed E-state index contributed by atoms with van der Waals surface area (Å²) in [7, 11) is -4.75. The summed E-state index contributed by atoms with van der Waals surface area (Å²) in [6, 6.07) is -1.54. The molecule has 3 atom stereocenters. The molecule has 0 aromatic heterocycles. The number of ether oxygens (including phenoxy) is 1. The minimum Gasteiger partial charge on any atom is -0.480 e. The highest BCUT2D eigenvalue weighted by atomic mass is 31.2. The van der Waals surface area contributed by atoms with Gasteiger partial charge in [-0.15, -0.1) is 0 Å². The lowest BCUT2D eigenvalue weighted by molar-refractivity contribution is -0.147. The number of rotatable bonds is 41. The summed E-state index contributed by atoms with van der Waals surface area (Å²) in [4.78, 5) is 45.9. The van der Waals surface area contributed by atoms with E-state index in [4.69, 9.17) is 13.8 Å². The van der Waals surface area contributed by atoms with Crippen molar-refractivity contribution in [2.24, 2.45) is 0 Å². The highest BCUT2D eigenvalue weighted by Gasteiger charge is 2.28. The van der Waals surface area contributed by atoms with Crippen LogP contribution in [0.1, 0.15) is 200 Å². The first-order valence-electron chi connectivity index (χ1n) is 21.9. The van der Waals surface area contributed by atoms with E-state index in [9.17, 15) is 34.1 Å². The van der Waals surface area contributed by atoms with Gasteiger partial charge < -0.3 is 25.2 Å². The SMILES string of the molecule is CCCCCC/C=C\C/C=C\CCCCCCCC(=O)OCC(O)COP(=O)(O)OCC(NC(=O)CCCCCCCCCCCCCCCCC)C(=O)O. The summed E-state index contributed by atoms with van der Waals surface area (Å²) >= 11 is 0. The van der Waals surface area contributed by atoms with Crippen molar-refractivity contribution < 1.29 is 47.8 Å². The molecule has 0 radical (unpaired) electrons. The smallest absolute Gasteiger partial charge is 0.472 e. The van der Waals surface area contributed by atoms with Gasteiger partial charge >= 0.3 is 19.8 Å². The molecule has 55 heavy (non-hydrogen) atoms. The van der Waals surface area contributed by atoms with Crippen LogP contribution in [0.2, 0.25) is 0 Å². The predicted molar refractivity (Wildman–Crippen MR) is 222 cm³/mol. The summed E-state index contributed by atoms with van der Waals surface area (Å²) in [6.45, 7) is 2.57. The lowest BCUT2D eigenvalue weighted by Gasteiger charge is -2.18. The van der Waals surface area contributed by atoms with E-state index in [1.807, 2.05) is 0 Å². The number of aliphatic hydroxyl groups is 1. The number of aliphatic carboxylic acids is 1. The van der Waals surface area contributed by atoms with Crippen LogP contribution in [0.4, 0.5) is 0 Å². The maximum absolute atomic E-state index is 12.3. The molecular weight excluding hydrogens is 721 g/mol. The van der Waals surface area contributed by atoms with Gasteiger partial charge in [-0.2, -0.15) is 0 Å². The molecule has 322 valence electrons. The number of hydrogen-bond donors (Lipinski definition) is 4. The Morgan fingerprint density at radius 1 is 0.582 bits per heavy atom. The van der Waals surface area contributed by atoms with Gasteiger partial charge in [-0.05, 0) is 44.9 Å². The number of phosphoric acid groups is 1. The zero-order chi connectivity index (χ0) is 40.7. The number of hydrogen-bond acceptors (Lipinski definition) is 8. The number of unbranched alkanes of at least 4 members (excludes halogenated alkanes) is 23. The third kappa shape index (κ3) is 38.6. The van der Waals surface area contributed by atoms with Crippen LogP contribution < -0.4 is 5.32 Å². The number of carbonyl (C=O) groups excluding carboxylic acids is 2. The second kappa shape index (κ2) is 38.8. The van der Waals surface area contributed by atoms with Crippen LogP contribution in [0.25, 0.3) is 0 Å². The topological polar surface area (TPSA) is 169 Å². The van der Waals surface area contributed by atoms with Gasteiger partial charge in [0.25, 0.3) is 0 Å². The van der Waals surface area contributed by atoms with Crippen molar-refractivity contribution >= 4 is 25.7 Å². The normalized spacial score (nSPS) is 14.0. The van der Waals surface area contributed by atoms with Crippen molar-refractivity contribution in [3.63, 3.8) is 0 Å². The molecule has 4 N–H and O–H groups in total. The molecule has 0 saturated carbocycles. The van der Waals surface area contributed by atoms with Crippen molar-refractivity contribution in [2.75, 3.05) is 19.8 Å². The van der Waals surface area contributed by atoms with E-state index < -0.39 is 57.6 Å². The van der Waals surface area contributed by atoms with E-state index in [1.165, 1.54) is 103 Å². The molecule has 12 heteroatoms. The average molecular weight is 802 g/mol. The number of nitrogens with one attached hydrogen (secondary N) is 1. The van der Waals surface area contributed by atoms with Crippen LogP contribution >= 0.6 is 7.82 Å². The van der Waals surface area contributed by atoms with Gasteiger partial charge in [0.2, 0.25) is 5.91 Å². The number of aliphatic hydroxyl groups excluding tert-OH is 1. The van der Waals surface area contributed by atoms with Crippen LogP contribution in [0.15, 0.2) is 24.3 Å². The van der Waals surface area contributed by atoms with Gasteiger partial charge in [0.05, 0.1) is 13.2 Å². The molecule has 0 spiro atoms. The van der Waals surface area contributed by atoms with Crippen molar-refractivity contribution in [1.82, 2.24) is 5.32 Å². The summed E-state index contributed by atoms with van der Waals surface area (Å²) in [5.41, 5.74) is 0. The zero-order valence-electron chi connectivity index (χ0n) is 34.7. The van der Waals surface area contributed by atoms with Crippen molar-refractivity contribution in [3.8, 4) is 0 Å². The summed E-state index contributed by atoms with van der Waals surface area (Å²) < 4.78 is 26.8. The van der Waals surface area contributed by atoms with Gasteiger partial charge in [0.1, 0.15) is 12.7 Å². The second-order valence-electron chi connectivity index (χ2n) is 14.9. The molecule has 0 rings (SSSR count). The second-order valence-corrected chi connectivity index (χ2v) is 16.3. The lowest BCUT2D eigenvalue weighted by Crippen LogP contribution is -2.43. The van der Waals surface area contributed by atoms with Crippen LogP contribution in [-0.4, -0.2) is 64.9 Å². The number of esters is 1. The maximum Gasteiger partial charge on any atom is 0.472 e. The van der Waals surface area contributed by atoms with Gasteiger partial charge in [-0.25, -0.2) is 9.36 Å². The third-order valence-electron chi connectivity index (χ3n) is 9.49. The van der Waals surface area contributed by atoms with Gasteiger partial charge in [-0.3, -0.25) is 18.6 Å². The number of allylic oxidation sites excluding steroid dienone is 4. The summed E-state index contributed by atoms with van der Waals surface area (Å²) in [6.07, 6.45) is 39.1. The first-order chi connectivity index (χ1) is 26.6. The molecule has 0 aromatic carbocycles. The monoisotopic (exact) mass is 802 g/mol. The van der Waals surface area contributed by atoms with Crippen LogP contribution in [0.3, 0.4) is 0 Å². The Bertz CT molecular complexity index is 1040. The first kappa shape index (κ1) is 53.0. The Morgan fingerprint density at radius 3 is 1.49 bits per heavy atom. The molecular formula is C43H80NO10P. The Labute approximate surface area is 334 Å². The molecule has 0 aliphatic heterocycles. The molecule has 1 amide bonds. The number of carboxylic acid groups (broad SMARTS) is 1. The molecule has 3 unspecified atom stereocenters. The van der Waals surface area contributed by atoms with E-state index in [0.29, 0.717) is 12.8 Å². The van der Waals surface area contributed by atoms with Crippen LogP contribution in [-0.2, 0) is 32.7 Å². The Kier molecular flexibility index (Phi) is 37.4. The zero-order valence-corrected chi connectivity index (χ0v) is 35.6. The third-order valence-corrected chi connectivity index (χ3v) is 10.4. The Hall–Kier alpha value is -2.04. The fraction of sp³-hybridized carbons (Fsp3) is 0.837. The van der Waals surface area contributed by atoms with Gasteiger partial charge in [0.15, 0.2) is 6.04 Å². The van der Waals surface area contributed by atoms with Crippen LogP contribution in [0, 0.1) is 0 Å². The number of carbonyl (C=O) groups is 3. The van der Waals surface area contributed by atoms with E-state index >= 15 is 0 Å². The molecule has 0 aromatic rings. The standard InChI is InChI=1S/C43H80NO10P/c1-3-5-7-9-11-13-15-17-19-21-23-25-27-29-31-33-35-42(47)52-36-39(45)37-53-55(50,51)54-38-40(43(48)49)44-41(46)34-32-30-28-26-24-22-20-18-16-14-12-10-8-6-4-2/h13,15,19,21,39-40,45H,3-12,14,16-18,20,22-38H2,1-2H3,(H,44,46)(H,48,49)(H,50,51)/b15-13-,21-19-. The number of phosphoric ester groups is 1. The van der Waals surface area contributed by atoms with Crippen LogP contribution in [0.5, 0.6) is 0 Å². The largest absolute Gasteiger partial charge is 0.480 e. The average Bonchev–Trinajstić information content (AvgIpc) is 3.16. The summed E-state index contributed by atoms with van der Waals surface area (Å²) in [5, 5.41) is 21.8. The minimum absolute atomic E-state index is 0.149. The molecule has 0 saturated heterocycles. The van der Waals surface area contributed by atoms with E-state index in [-0.39, 0.29) is 12.8 Å². The highest BCUT2D eigenvalue weighted by Crippen LogP contribution is 2.43. The Morgan fingerprint density at radius 2 is 1.00 bits per heavy atom. The number of amides is 1.